The SMILES string of the molecule is Cc1cc(OCC(=O)N2CCc3noc(-c4ccc(F)cc4)c3C2)ccc1Cl. The molecular weight excluding hydrogens is 383 g/mol. The van der Waals surface area contributed by atoms with Crippen molar-refractivity contribution in [2.45, 2.75) is 19.9 Å². The summed E-state index contributed by atoms with van der Waals surface area (Å²) in [6.45, 7) is 2.75. The summed E-state index contributed by atoms with van der Waals surface area (Å²) in [5.74, 6) is 0.736. The molecule has 4 rings (SSSR count). The summed E-state index contributed by atoms with van der Waals surface area (Å²) in [5.41, 5.74) is 3.31. The van der Waals surface area contributed by atoms with Gasteiger partial charge in [-0.1, -0.05) is 16.8 Å². The van der Waals surface area contributed by atoms with E-state index in [0.717, 1.165) is 22.4 Å². The molecule has 5 nitrogen and oxygen atoms in total. The van der Waals surface area contributed by atoms with Gasteiger partial charge >= 0.3 is 0 Å². The van der Waals surface area contributed by atoms with E-state index in [0.29, 0.717) is 36.0 Å². The number of rotatable bonds is 4. The molecule has 0 fully saturated rings. The van der Waals surface area contributed by atoms with Crippen molar-refractivity contribution in [1.29, 1.82) is 0 Å². The van der Waals surface area contributed by atoms with Crippen LogP contribution in [-0.4, -0.2) is 29.1 Å². The van der Waals surface area contributed by atoms with Crippen LogP contribution in [0.15, 0.2) is 47.0 Å². The zero-order valence-electron chi connectivity index (χ0n) is 15.2. The molecular formula is C21H18ClFN2O3. The Labute approximate surface area is 166 Å². The van der Waals surface area contributed by atoms with E-state index in [1.165, 1.54) is 12.1 Å². The molecule has 0 aliphatic carbocycles. The highest BCUT2D eigenvalue weighted by Crippen LogP contribution is 2.30. The maximum absolute atomic E-state index is 13.2. The van der Waals surface area contributed by atoms with Gasteiger partial charge in [-0.25, -0.2) is 4.39 Å². The van der Waals surface area contributed by atoms with Gasteiger partial charge in [-0.2, -0.15) is 0 Å². The van der Waals surface area contributed by atoms with Crippen molar-refractivity contribution in [1.82, 2.24) is 10.1 Å². The summed E-state index contributed by atoms with van der Waals surface area (Å²) in [7, 11) is 0. The number of carbonyl (C=O) groups is 1. The highest BCUT2D eigenvalue weighted by molar-refractivity contribution is 6.31. The minimum absolute atomic E-state index is 0.0619. The molecule has 0 saturated carbocycles. The van der Waals surface area contributed by atoms with E-state index in [2.05, 4.69) is 5.16 Å². The van der Waals surface area contributed by atoms with Crippen molar-refractivity contribution in [3.05, 3.63) is 70.1 Å². The first-order valence-electron chi connectivity index (χ1n) is 8.91. The van der Waals surface area contributed by atoms with Crippen LogP contribution in [0.3, 0.4) is 0 Å². The summed E-state index contributed by atoms with van der Waals surface area (Å²) < 4.78 is 24.3. The highest BCUT2D eigenvalue weighted by Gasteiger charge is 2.27. The molecule has 1 aromatic heterocycles. The maximum Gasteiger partial charge on any atom is 0.260 e. The first-order chi connectivity index (χ1) is 13.5. The van der Waals surface area contributed by atoms with Crippen molar-refractivity contribution < 1.29 is 18.4 Å². The van der Waals surface area contributed by atoms with Crippen molar-refractivity contribution in [3.8, 4) is 17.1 Å². The zero-order chi connectivity index (χ0) is 19.7. The molecule has 0 saturated heterocycles. The van der Waals surface area contributed by atoms with Crippen LogP contribution < -0.4 is 4.74 Å². The van der Waals surface area contributed by atoms with Crippen LogP contribution in [0.2, 0.25) is 5.02 Å². The molecule has 0 N–H and O–H groups in total. The molecule has 0 unspecified atom stereocenters. The Morgan fingerprint density at radius 3 is 2.82 bits per heavy atom. The van der Waals surface area contributed by atoms with Crippen LogP contribution in [0.4, 0.5) is 4.39 Å². The highest BCUT2D eigenvalue weighted by atomic mass is 35.5. The largest absolute Gasteiger partial charge is 0.484 e. The van der Waals surface area contributed by atoms with E-state index in [1.54, 1.807) is 35.2 Å². The number of halogens is 2. The lowest BCUT2D eigenvalue weighted by Gasteiger charge is -2.26. The number of ether oxygens (including phenoxy) is 1. The van der Waals surface area contributed by atoms with Gasteiger partial charge in [-0.15, -0.1) is 0 Å². The van der Waals surface area contributed by atoms with Crippen LogP contribution >= 0.6 is 11.6 Å². The maximum atomic E-state index is 13.2. The standard InChI is InChI=1S/C21H18ClFN2O3/c1-13-10-16(6-7-18(13)22)27-12-20(26)25-9-8-19-17(11-25)21(28-24-19)14-2-4-15(23)5-3-14/h2-7,10H,8-9,11-12H2,1H3. The van der Waals surface area contributed by atoms with Gasteiger partial charge in [-0.05, 0) is 55.0 Å². The fraction of sp³-hybridized carbons (Fsp3) is 0.238. The van der Waals surface area contributed by atoms with Gasteiger partial charge in [0.05, 0.1) is 12.2 Å². The molecule has 1 amide bonds. The number of amides is 1. The Balaban J connectivity index is 1.45. The van der Waals surface area contributed by atoms with Crippen LogP contribution in [0.5, 0.6) is 5.75 Å². The van der Waals surface area contributed by atoms with Gasteiger partial charge < -0.3 is 14.2 Å². The average molecular weight is 401 g/mol. The normalized spacial score (nSPS) is 13.3. The smallest absolute Gasteiger partial charge is 0.260 e. The van der Waals surface area contributed by atoms with Crippen LogP contribution in [0.1, 0.15) is 16.8 Å². The van der Waals surface area contributed by atoms with E-state index in [-0.39, 0.29) is 18.3 Å². The lowest BCUT2D eigenvalue weighted by Crippen LogP contribution is -2.38. The summed E-state index contributed by atoms with van der Waals surface area (Å²) in [6, 6.07) is 11.3. The molecule has 1 aliphatic heterocycles. The van der Waals surface area contributed by atoms with Crippen LogP contribution in [0.25, 0.3) is 11.3 Å². The second-order valence-electron chi connectivity index (χ2n) is 6.71. The lowest BCUT2D eigenvalue weighted by atomic mass is 10.0. The Hall–Kier alpha value is -2.86. The van der Waals surface area contributed by atoms with E-state index in [9.17, 15) is 9.18 Å². The topological polar surface area (TPSA) is 55.6 Å². The van der Waals surface area contributed by atoms with E-state index in [4.69, 9.17) is 20.9 Å². The van der Waals surface area contributed by atoms with E-state index < -0.39 is 0 Å². The molecule has 0 bridgehead atoms. The van der Waals surface area contributed by atoms with E-state index >= 15 is 0 Å². The first-order valence-corrected chi connectivity index (χ1v) is 9.29. The zero-order valence-corrected chi connectivity index (χ0v) is 16.0. The van der Waals surface area contributed by atoms with E-state index in [1.807, 2.05) is 6.92 Å². The fourth-order valence-electron chi connectivity index (χ4n) is 3.20. The van der Waals surface area contributed by atoms with Crippen molar-refractivity contribution in [2.24, 2.45) is 0 Å². The summed E-state index contributed by atoms with van der Waals surface area (Å²) in [5, 5.41) is 4.77. The molecule has 0 spiro atoms. The van der Waals surface area contributed by atoms with Crippen LogP contribution in [0, 0.1) is 12.7 Å². The lowest BCUT2D eigenvalue weighted by molar-refractivity contribution is -0.134. The minimum atomic E-state index is -0.316. The van der Waals surface area contributed by atoms with Gasteiger partial charge in [0.25, 0.3) is 5.91 Å². The van der Waals surface area contributed by atoms with Gasteiger partial charge in [0.2, 0.25) is 0 Å². The second kappa shape index (κ2) is 7.64. The number of fused-ring (bicyclic) bond motifs is 1. The molecule has 28 heavy (non-hydrogen) atoms. The molecule has 2 aromatic carbocycles. The number of aryl methyl sites for hydroxylation is 1. The first kappa shape index (κ1) is 18.5. The third-order valence-corrected chi connectivity index (χ3v) is 5.21. The third-order valence-electron chi connectivity index (χ3n) is 4.79. The summed E-state index contributed by atoms with van der Waals surface area (Å²) in [6.07, 6.45) is 0.603. The summed E-state index contributed by atoms with van der Waals surface area (Å²) >= 11 is 6.01. The van der Waals surface area contributed by atoms with Crippen LogP contribution in [-0.2, 0) is 17.8 Å². The number of nitrogens with zero attached hydrogens (tertiary/aromatic N) is 2. The molecule has 0 atom stereocenters. The Morgan fingerprint density at radius 1 is 1.29 bits per heavy atom. The molecule has 2 heterocycles. The number of hydrogen-bond donors (Lipinski definition) is 0. The molecule has 1 aliphatic rings. The third kappa shape index (κ3) is 3.73. The average Bonchev–Trinajstić information content (AvgIpc) is 3.12. The molecule has 7 heteroatoms. The number of aromatic nitrogens is 1. The van der Waals surface area contributed by atoms with Crippen molar-refractivity contribution >= 4 is 17.5 Å². The molecule has 3 aromatic rings. The number of carbonyl (C=O) groups excluding carboxylic acids is 1. The number of hydrogen-bond acceptors (Lipinski definition) is 4. The fourth-order valence-corrected chi connectivity index (χ4v) is 3.31. The predicted octanol–water partition coefficient (Wildman–Crippen LogP) is 4.41. The Kier molecular flexibility index (Phi) is 5.05. The predicted molar refractivity (Wildman–Crippen MR) is 103 cm³/mol. The van der Waals surface area contributed by atoms with Gasteiger partial charge in [0.1, 0.15) is 11.6 Å². The number of benzene rings is 2. The molecule has 144 valence electrons. The molecule has 0 radical (unpaired) electrons. The van der Waals surface area contributed by atoms with Gasteiger partial charge in [0, 0.05) is 29.1 Å². The Bertz CT molecular complexity index is 1020. The second-order valence-corrected chi connectivity index (χ2v) is 7.12. The Morgan fingerprint density at radius 2 is 2.07 bits per heavy atom. The minimum Gasteiger partial charge on any atom is -0.484 e. The van der Waals surface area contributed by atoms with Gasteiger partial charge in [0.15, 0.2) is 12.4 Å². The quantitative estimate of drug-likeness (QED) is 0.651. The monoisotopic (exact) mass is 400 g/mol. The van der Waals surface area contributed by atoms with Crippen molar-refractivity contribution in [3.63, 3.8) is 0 Å². The van der Waals surface area contributed by atoms with Gasteiger partial charge in [-0.3, -0.25) is 4.79 Å². The van der Waals surface area contributed by atoms with Crippen molar-refractivity contribution in [2.75, 3.05) is 13.2 Å². The summed E-state index contributed by atoms with van der Waals surface area (Å²) in [4.78, 5) is 14.3.